The van der Waals surface area contributed by atoms with Crippen LogP contribution in [0, 0.1) is 0 Å². The third-order valence-electron chi connectivity index (χ3n) is 2.10. The summed E-state index contributed by atoms with van der Waals surface area (Å²) >= 11 is 0. The molecule has 70 valence electrons. The summed E-state index contributed by atoms with van der Waals surface area (Å²) in [6, 6.07) is 0.256. The number of morpholine rings is 1. The minimum Gasteiger partial charge on any atom is -0.386 e. The van der Waals surface area contributed by atoms with Crippen molar-refractivity contribution in [2.75, 3.05) is 19.8 Å². The summed E-state index contributed by atoms with van der Waals surface area (Å²) in [7, 11) is 0. The molecule has 0 aliphatic carbocycles. The van der Waals surface area contributed by atoms with E-state index in [9.17, 15) is 5.11 Å². The molecule has 0 aromatic rings. The fraction of sp³-hybridized carbons (Fsp3) is 0.778. The second-order valence-corrected chi connectivity index (χ2v) is 3.49. The van der Waals surface area contributed by atoms with E-state index in [-0.39, 0.29) is 6.04 Å². The molecule has 1 aliphatic heterocycles. The summed E-state index contributed by atoms with van der Waals surface area (Å²) in [5.74, 6) is 0. The molecule has 3 heteroatoms. The van der Waals surface area contributed by atoms with Gasteiger partial charge in [0.25, 0.3) is 0 Å². The lowest BCUT2D eigenvalue weighted by Gasteiger charge is -2.29. The van der Waals surface area contributed by atoms with Gasteiger partial charge in [0.2, 0.25) is 0 Å². The largest absolute Gasteiger partial charge is 0.386 e. The minimum absolute atomic E-state index is 0.256. The van der Waals surface area contributed by atoms with Crippen LogP contribution in [0.25, 0.3) is 0 Å². The zero-order chi connectivity index (χ0) is 9.03. The Kier molecular flexibility index (Phi) is 3.26. The summed E-state index contributed by atoms with van der Waals surface area (Å²) < 4.78 is 5.26. The highest BCUT2D eigenvalue weighted by Gasteiger charge is 2.23. The Bertz CT molecular complexity index is 151. The van der Waals surface area contributed by atoms with Crippen LogP contribution in [0.15, 0.2) is 12.7 Å². The third-order valence-corrected chi connectivity index (χ3v) is 2.10. The van der Waals surface area contributed by atoms with Crippen molar-refractivity contribution in [2.45, 2.75) is 25.0 Å². The van der Waals surface area contributed by atoms with Gasteiger partial charge in [-0.2, -0.15) is 0 Å². The van der Waals surface area contributed by atoms with Crippen LogP contribution >= 0.6 is 0 Å². The molecule has 0 saturated carbocycles. The maximum absolute atomic E-state index is 9.66. The van der Waals surface area contributed by atoms with E-state index in [2.05, 4.69) is 11.9 Å². The van der Waals surface area contributed by atoms with E-state index in [0.717, 1.165) is 13.2 Å². The lowest BCUT2D eigenvalue weighted by Crippen LogP contribution is -2.45. The average Bonchev–Trinajstić information content (AvgIpc) is 2.06. The first-order valence-electron chi connectivity index (χ1n) is 4.31. The van der Waals surface area contributed by atoms with Gasteiger partial charge in [-0.25, -0.2) is 0 Å². The molecule has 0 bridgehead atoms. The van der Waals surface area contributed by atoms with Gasteiger partial charge >= 0.3 is 0 Å². The van der Waals surface area contributed by atoms with Gasteiger partial charge in [-0.1, -0.05) is 6.08 Å². The van der Waals surface area contributed by atoms with Crippen molar-refractivity contribution in [3.05, 3.63) is 12.7 Å². The SMILES string of the molecule is C=CC(C)(O)CC1COCCN1. The quantitative estimate of drug-likeness (QED) is 0.600. The van der Waals surface area contributed by atoms with Gasteiger partial charge in [0.15, 0.2) is 0 Å². The van der Waals surface area contributed by atoms with Crippen LogP contribution < -0.4 is 5.32 Å². The topological polar surface area (TPSA) is 41.5 Å². The standard InChI is InChI=1S/C9H17NO2/c1-3-9(2,11)6-8-7-12-5-4-10-8/h3,8,10-11H,1,4-7H2,2H3. The summed E-state index contributed by atoms with van der Waals surface area (Å²) in [5, 5.41) is 12.9. The van der Waals surface area contributed by atoms with Crippen molar-refractivity contribution in [3.63, 3.8) is 0 Å². The Labute approximate surface area is 73.4 Å². The van der Waals surface area contributed by atoms with Crippen molar-refractivity contribution in [3.8, 4) is 0 Å². The molecule has 2 unspecified atom stereocenters. The molecule has 1 heterocycles. The normalized spacial score (nSPS) is 29.3. The lowest BCUT2D eigenvalue weighted by molar-refractivity contribution is 0.0322. The predicted molar refractivity (Wildman–Crippen MR) is 48.0 cm³/mol. The number of ether oxygens (including phenoxy) is 1. The maximum Gasteiger partial charge on any atom is 0.0812 e. The predicted octanol–water partition coefficient (Wildman–Crippen LogP) is 0.302. The van der Waals surface area contributed by atoms with Crippen LogP contribution in [0.2, 0.25) is 0 Å². The molecule has 1 rings (SSSR count). The van der Waals surface area contributed by atoms with Crippen molar-refractivity contribution in [1.29, 1.82) is 0 Å². The van der Waals surface area contributed by atoms with E-state index in [0.29, 0.717) is 13.0 Å². The van der Waals surface area contributed by atoms with E-state index in [4.69, 9.17) is 4.74 Å². The fourth-order valence-corrected chi connectivity index (χ4v) is 1.33. The first-order valence-corrected chi connectivity index (χ1v) is 4.31. The van der Waals surface area contributed by atoms with E-state index in [1.54, 1.807) is 13.0 Å². The van der Waals surface area contributed by atoms with Crippen LogP contribution in [0.4, 0.5) is 0 Å². The number of aliphatic hydroxyl groups is 1. The number of hydrogen-bond donors (Lipinski definition) is 2. The van der Waals surface area contributed by atoms with Gasteiger partial charge in [0.1, 0.15) is 0 Å². The van der Waals surface area contributed by atoms with Gasteiger partial charge in [0.05, 0.1) is 18.8 Å². The number of hydrogen-bond acceptors (Lipinski definition) is 3. The molecule has 0 aromatic carbocycles. The Morgan fingerprint density at radius 3 is 3.08 bits per heavy atom. The maximum atomic E-state index is 9.66. The molecule has 1 saturated heterocycles. The lowest BCUT2D eigenvalue weighted by atomic mass is 9.97. The van der Waals surface area contributed by atoms with Crippen molar-refractivity contribution in [1.82, 2.24) is 5.32 Å². The van der Waals surface area contributed by atoms with E-state index >= 15 is 0 Å². The highest BCUT2D eigenvalue weighted by Crippen LogP contribution is 2.14. The smallest absolute Gasteiger partial charge is 0.0812 e. The third kappa shape index (κ3) is 2.93. The molecule has 2 atom stereocenters. The fourth-order valence-electron chi connectivity index (χ4n) is 1.33. The molecular weight excluding hydrogens is 154 g/mol. The van der Waals surface area contributed by atoms with E-state index < -0.39 is 5.60 Å². The van der Waals surface area contributed by atoms with Crippen molar-refractivity contribution < 1.29 is 9.84 Å². The van der Waals surface area contributed by atoms with Crippen LogP contribution in [0.5, 0.6) is 0 Å². The number of nitrogens with one attached hydrogen (secondary N) is 1. The van der Waals surface area contributed by atoms with Gasteiger partial charge < -0.3 is 15.2 Å². The molecular formula is C9H17NO2. The zero-order valence-corrected chi connectivity index (χ0v) is 7.55. The minimum atomic E-state index is -0.779. The zero-order valence-electron chi connectivity index (χ0n) is 7.55. The summed E-state index contributed by atoms with van der Waals surface area (Å²) in [6.07, 6.45) is 2.24. The van der Waals surface area contributed by atoms with Gasteiger partial charge in [-0.15, -0.1) is 6.58 Å². The first-order chi connectivity index (χ1) is 5.64. The van der Waals surface area contributed by atoms with Crippen molar-refractivity contribution in [2.24, 2.45) is 0 Å². The highest BCUT2D eigenvalue weighted by molar-refractivity contribution is 4.95. The summed E-state index contributed by atoms with van der Waals surface area (Å²) in [4.78, 5) is 0. The Balaban J connectivity index is 2.33. The van der Waals surface area contributed by atoms with E-state index in [1.807, 2.05) is 0 Å². The molecule has 0 aromatic heterocycles. The summed E-state index contributed by atoms with van der Waals surface area (Å²) in [6.45, 7) is 7.67. The second kappa shape index (κ2) is 4.03. The Hall–Kier alpha value is -0.380. The summed E-state index contributed by atoms with van der Waals surface area (Å²) in [5.41, 5.74) is -0.779. The second-order valence-electron chi connectivity index (χ2n) is 3.49. The van der Waals surface area contributed by atoms with Crippen LogP contribution in [-0.4, -0.2) is 36.5 Å². The first kappa shape index (κ1) is 9.71. The van der Waals surface area contributed by atoms with Gasteiger partial charge in [-0.05, 0) is 13.3 Å². The van der Waals surface area contributed by atoms with Crippen LogP contribution in [0.3, 0.4) is 0 Å². The Morgan fingerprint density at radius 1 is 1.83 bits per heavy atom. The van der Waals surface area contributed by atoms with Gasteiger partial charge in [-0.3, -0.25) is 0 Å². The molecule has 0 spiro atoms. The molecule has 12 heavy (non-hydrogen) atoms. The van der Waals surface area contributed by atoms with Crippen LogP contribution in [0.1, 0.15) is 13.3 Å². The molecule has 0 radical (unpaired) electrons. The molecule has 3 nitrogen and oxygen atoms in total. The molecule has 2 N–H and O–H groups in total. The molecule has 1 fully saturated rings. The number of rotatable bonds is 3. The Morgan fingerprint density at radius 2 is 2.58 bits per heavy atom. The monoisotopic (exact) mass is 171 g/mol. The average molecular weight is 171 g/mol. The van der Waals surface area contributed by atoms with Gasteiger partial charge in [0, 0.05) is 12.6 Å². The van der Waals surface area contributed by atoms with Crippen LogP contribution in [-0.2, 0) is 4.74 Å². The molecule has 1 aliphatic rings. The van der Waals surface area contributed by atoms with Crippen molar-refractivity contribution >= 4 is 0 Å². The molecule has 0 amide bonds. The van der Waals surface area contributed by atoms with E-state index in [1.165, 1.54) is 0 Å². The highest BCUT2D eigenvalue weighted by atomic mass is 16.5.